The van der Waals surface area contributed by atoms with Crippen LogP contribution in [0.15, 0.2) is 0 Å². The zero-order chi connectivity index (χ0) is 4.50. The van der Waals surface area contributed by atoms with Crippen molar-refractivity contribution in [3.63, 3.8) is 0 Å². The van der Waals surface area contributed by atoms with E-state index >= 15 is 0 Å². The Balaban J connectivity index is 3.02. The van der Waals surface area contributed by atoms with Crippen molar-refractivity contribution in [3.8, 4) is 0 Å². The van der Waals surface area contributed by atoms with Gasteiger partial charge >= 0.3 is 43.8 Å². The van der Waals surface area contributed by atoms with E-state index in [-0.39, 0.29) is 0 Å². The molecule has 0 N–H and O–H groups in total. The van der Waals surface area contributed by atoms with Crippen LogP contribution in [0.2, 0.25) is 14.6 Å². The Bertz CT molecular complexity index is 22.4. The SMILES string of the molecule is [CH3][SbH]([CH3])([CH3])[Br]. The van der Waals surface area contributed by atoms with Gasteiger partial charge in [-0.2, -0.15) is 0 Å². The van der Waals surface area contributed by atoms with Gasteiger partial charge in [0.1, 0.15) is 0 Å². The van der Waals surface area contributed by atoms with Gasteiger partial charge in [-0.15, -0.1) is 0 Å². The summed E-state index contributed by atoms with van der Waals surface area (Å²) >= 11 is 2.22. The first-order valence-corrected chi connectivity index (χ1v) is 16.6. The summed E-state index contributed by atoms with van der Waals surface area (Å²) in [7, 11) is 0. The van der Waals surface area contributed by atoms with Crippen molar-refractivity contribution < 1.29 is 0 Å². The molecule has 0 amide bonds. The van der Waals surface area contributed by atoms with Gasteiger partial charge in [-0.1, -0.05) is 0 Å². The van der Waals surface area contributed by atoms with Crippen molar-refractivity contribution in [1.82, 2.24) is 0 Å². The molecule has 0 saturated heterocycles. The molecule has 0 heterocycles. The van der Waals surface area contributed by atoms with E-state index in [9.17, 15) is 0 Å². The second-order valence-corrected chi connectivity index (χ2v) is 29.8. The molecular formula is C3H10BrSb. The third-order valence-corrected chi connectivity index (χ3v) is 0. The van der Waals surface area contributed by atoms with E-state index in [1.807, 2.05) is 0 Å². The minimum absolute atomic E-state index is 1.37. The van der Waals surface area contributed by atoms with Crippen LogP contribution in [0.4, 0.5) is 0 Å². The standard InChI is InChI=1S/3CH3.BrH.Sb.H/h3*1H3;1H;;/q;;;;+1;/p-1. The third kappa shape index (κ3) is 34.2. The molecule has 34 valence electrons. The van der Waals surface area contributed by atoms with Crippen molar-refractivity contribution in [2.75, 3.05) is 0 Å². The Labute approximate surface area is 43.6 Å². The van der Waals surface area contributed by atoms with Crippen molar-refractivity contribution in [2.24, 2.45) is 0 Å². The predicted octanol–water partition coefficient (Wildman–Crippen LogP) is 1.95. The molecule has 0 nitrogen and oxygen atoms in total. The fraction of sp³-hybridized carbons (Fsp3) is 1.00. The van der Waals surface area contributed by atoms with Gasteiger partial charge in [0.15, 0.2) is 0 Å². The monoisotopic (exact) mass is 246 g/mol. The van der Waals surface area contributed by atoms with Gasteiger partial charge in [-0.05, 0) is 0 Å². The van der Waals surface area contributed by atoms with E-state index < -0.39 is 16.6 Å². The first-order valence-electron chi connectivity index (χ1n) is 1.69. The molecule has 0 saturated carbocycles. The van der Waals surface area contributed by atoms with E-state index in [0.717, 1.165) is 0 Å². The van der Waals surface area contributed by atoms with Gasteiger partial charge in [-0.25, -0.2) is 0 Å². The zero-order valence-electron chi connectivity index (χ0n) is 3.88. The Morgan fingerprint density at radius 2 is 1.20 bits per heavy atom. The molecule has 0 unspecified atom stereocenters. The molecule has 0 aromatic heterocycles. The van der Waals surface area contributed by atoms with Crippen LogP contribution >= 0.6 is 12.6 Å². The molecule has 5 heavy (non-hydrogen) atoms. The Morgan fingerprint density at radius 3 is 1.20 bits per heavy atom. The van der Waals surface area contributed by atoms with Crippen molar-refractivity contribution in [3.05, 3.63) is 0 Å². The van der Waals surface area contributed by atoms with Gasteiger partial charge in [0.25, 0.3) is 0 Å². The van der Waals surface area contributed by atoms with Gasteiger partial charge in [-0.3, -0.25) is 0 Å². The molecule has 0 rings (SSSR count). The topological polar surface area (TPSA) is 0 Å². The second-order valence-electron chi connectivity index (χ2n) is 2.07. The third-order valence-electron chi connectivity index (χ3n) is 0. The molecule has 2 heteroatoms. The summed E-state index contributed by atoms with van der Waals surface area (Å²) < 4.78 is 0. The van der Waals surface area contributed by atoms with E-state index in [2.05, 4.69) is 27.2 Å². The summed E-state index contributed by atoms with van der Waals surface area (Å²) in [5.41, 5.74) is 0. The molecule has 0 fully saturated rings. The van der Waals surface area contributed by atoms with E-state index in [1.165, 1.54) is 0 Å². The summed E-state index contributed by atoms with van der Waals surface area (Å²) in [6.07, 6.45) is 0. The van der Waals surface area contributed by atoms with Gasteiger partial charge in [0.2, 0.25) is 0 Å². The Kier molecular flexibility index (Phi) is 2.31. The molecule has 0 aliphatic rings. The van der Waals surface area contributed by atoms with Gasteiger partial charge < -0.3 is 0 Å². The second kappa shape index (κ2) is 1.84. The molecule has 0 spiro atoms. The van der Waals surface area contributed by atoms with Crippen LogP contribution < -0.4 is 0 Å². The zero-order valence-corrected chi connectivity index (χ0v) is 8.32. The molecule has 0 aliphatic carbocycles. The van der Waals surface area contributed by atoms with Gasteiger partial charge in [0, 0.05) is 0 Å². The van der Waals surface area contributed by atoms with Crippen molar-refractivity contribution in [2.45, 2.75) is 14.6 Å². The molecular weight excluding hydrogens is 238 g/mol. The van der Waals surface area contributed by atoms with E-state index in [1.54, 1.807) is 0 Å². The summed E-state index contributed by atoms with van der Waals surface area (Å²) in [6.45, 7) is 0. The first-order chi connectivity index (χ1) is 2.00. The summed E-state index contributed by atoms with van der Waals surface area (Å²) in [6, 6.07) is 0. The van der Waals surface area contributed by atoms with E-state index in [4.69, 9.17) is 0 Å². The summed E-state index contributed by atoms with van der Waals surface area (Å²) in [5, 5.41) is 0. The average molecular weight is 248 g/mol. The van der Waals surface area contributed by atoms with Gasteiger partial charge in [0.05, 0.1) is 0 Å². The molecule has 0 aliphatic heterocycles. The number of hydrogen-bond acceptors (Lipinski definition) is 0. The van der Waals surface area contributed by atoms with Crippen LogP contribution in [0.3, 0.4) is 0 Å². The maximum atomic E-state index is 3.58. The fourth-order valence-corrected chi connectivity index (χ4v) is 0. The van der Waals surface area contributed by atoms with Crippen molar-refractivity contribution >= 4 is 29.1 Å². The fourth-order valence-electron chi connectivity index (χ4n) is 0. The van der Waals surface area contributed by atoms with Crippen LogP contribution in [-0.2, 0) is 0 Å². The maximum absolute atomic E-state index is 3.58. The van der Waals surface area contributed by atoms with Crippen LogP contribution in [0, 0.1) is 0 Å². The Morgan fingerprint density at radius 1 is 1.20 bits per heavy atom. The van der Waals surface area contributed by atoms with E-state index in [0.29, 0.717) is 0 Å². The number of rotatable bonds is 0. The van der Waals surface area contributed by atoms with Crippen molar-refractivity contribution in [1.29, 1.82) is 0 Å². The average Bonchev–Trinajstić information content (AvgIpc) is 0.722. The summed E-state index contributed by atoms with van der Waals surface area (Å²) in [5.74, 6) is 0. The van der Waals surface area contributed by atoms with Crippen LogP contribution in [0.25, 0.3) is 0 Å². The number of halogens is 1. The molecule has 0 aromatic rings. The molecule has 0 aromatic carbocycles. The molecule has 0 bridgehead atoms. The number of hydrogen-bond donors (Lipinski definition) is 0. The molecule has 0 atom stereocenters. The first kappa shape index (κ1) is 6.30. The Hall–Kier alpha value is 1.30. The molecule has 0 radical (unpaired) electrons. The quantitative estimate of drug-likeness (QED) is 0.574. The van der Waals surface area contributed by atoms with Crippen LogP contribution in [-0.4, -0.2) is 16.6 Å². The predicted molar refractivity (Wildman–Crippen MR) is 33.7 cm³/mol. The normalized spacial score (nSPS) is 15.2. The van der Waals surface area contributed by atoms with Crippen LogP contribution in [0.1, 0.15) is 0 Å². The van der Waals surface area contributed by atoms with Crippen LogP contribution in [0.5, 0.6) is 0 Å². The summed E-state index contributed by atoms with van der Waals surface area (Å²) in [4.78, 5) is 6.94. The minimum atomic E-state index is -1.37.